The summed E-state index contributed by atoms with van der Waals surface area (Å²) in [5, 5.41) is 6.63. The van der Waals surface area contributed by atoms with Crippen LogP contribution in [0.15, 0.2) is 29.3 Å². The fourth-order valence-electron chi connectivity index (χ4n) is 2.05. The van der Waals surface area contributed by atoms with Crippen LogP contribution in [-0.2, 0) is 13.6 Å². The van der Waals surface area contributed by atoms with Gasteiger partial charge in [0.25, 0.3) is 0 Å². The average molecular weight is 273 g/mol. The van der Waals surface area contributed by atoms with Crippen LogP contribution in [0, 0.1) is 0 Å². The summed E-state index contributed by atoms with van der Waals surface area (Å²) in [4.78, 5) is 8.86. The lowest BCUT2D eigenvalue weighted by Crippen LogP contribution is -2.47. The molecule has 0 bridgehead atoms. The maximum Gasteiger partial charge on any atom is 0.191 e. The van der Waals surface area contributed by atoms with Crippen molar-refractivity contribution in [3.05, 3.63) is 30.1 Å². The molecule has 0 aliphatic carbocycles. The predicted molar refractivity (Wildman–Crippen MR) is 83.8 cm³/mol. The second-order valence-electron chi connectivity index (χ2n) is 5.88. The molecule has 0 saturated carbocycles. The van der Waals surface area contributed by atoms with Crippen molar-refractivity contribution < 1.29 is 0 Å². The Morgan fingerprint density at radius 3 is 2.60 bits per heavy atom. The van der Waals surface area contributed by atoms with Gasteiger partial charge in [-0.15, -0.1) is 0 Å². The van der Waals surface area contributed by atoms with Gasteiger partial charge in [0, 0.05) is 19.6 Å². The molecule has 108 valence electrons. The quantitative estimate of drug-likeness (QED) is 0.650. The molecule has 5 heteroatoms. The Bertz CT molecular complexity index is 619. The molecular formula is C15H23N5. The standard InChI is InChI=1S/C15H23N5/c1-15(2,3)19-14(16-4)17-10-13-18-11-8-6-7-9-12(11)20(13)5/h6-9H,10H2,1-5H3,(H2,16,17,19). The van der Waals surface area contributed by atoms with Gasteiger partial charge >= 0.3 is 0 Å². The summed E-state index contributed by atoms with van der Waals surface area (Å²) in [6.45, 7) is 6.96. The summed E-state index contributed by atoms with van der Waals surface area (Å²) >= 11 is 0. The number of benzene rings is 1. The summed E-state index contributed by atoms with van der Waals surface area (Å²) in [7, 11) is 3.81. The van der Waals surface area contributed by atoms with Gasteiger partial charge in [-0.05, 0) is 32.9 Å². The van der Waals surface area contributed by atoms with Gasteiger partial charge in [0.1, 0.15) is 5.82 Å². The highest BCUT2D eigenvalue weighted by Crippen LogP contribution is 2.13. The Hall–Kier alpha value is -2.04. The number of aromatic nitrogens is 2. The van der Waals surface area contributed by atoms with E-state index in [9.17, 15) is 0 Å². The molecule has 0 aliphatic heterocycles. The van der Waals surface area contributed by atoms with E-state index in [2.05, 4.69) is 52.0 Å². The number of para-hydroxylation sites is 2. The van der Waals surface area contributed by atoms with Gasteiger partial charge in [-0.1, -0.05) is 12.1 Å². The Labute approximate surface area is 120 Å². The van der Waals surface area contributed by atoms with Crippen LogP contribution in [0.1, 0.15) is 26.6 Å². The highest BCUT2D eigenvalue weighted by atomic mass is 15.2. The van der Waals surface area contributed by atoms with Crippen LogP contribution in [-0.4, -0.2) is 28.1 Å². The lowest BCUT2D eigenvalue weighted by Gasteiger charge is -2.23. The van der Waals surface area contributed by atoms with E-state index in [1.807, 2.05) is 25.2 Å². The molecule has 0 unspecified atom stereocenters. The molecule has 1 aromatic heterocycles. The molecule has 2 rings (SSSR count). The fraction of sp³-hybridized carbons (Fsp3) is 0.467. The van der Waals surface area contributed by atoms with Crippen molar-refractivity contribution >= 4 is 17.0 Å². The van der Waals surface area contributed by atoms with Crippen LogP contribution in [0.25, 0.3) is 11.0 Å². The van der Waals surface area contributed by atoms with Crippen molar-refractivity contribution in [1.29, 1.82) is 0 Å². The Balaban J connectivity index is 2.11. The Kier molecular flexibility index (Phi) is 3.97. The van der Waals surface area contributed by atoms with Crippen molar-refractivity contribution in [2.75, 3.05) is 7.05 Å². The van der Waals surface area contributed by atoms with Crippen molar-refractivity contribution in [2.24, 2.45) is 12.0 Å². The van der Waals surface area contributed by atoms with E-state index in [0.29, 0.717) is 6.54 Å². The van der Waals surface area contributed by atoms with Gasteiger partial charge < -0.3 is 15.2 Å². The van der Waals surface area contributed by atoms with E-state index >= 15 is 0 Å². The molecule has 2 N–H and O–H groups in total. The number of rotatable bonds is 2. The van der Waals surface area contributed by atoms with E-state index in [-0.39, 0.29) is 5.54 Å². The van der Waals surface area contributed by atoms with Crippen molar-refractivity contribution in [3.63, 3.8) is 0 Å². The third kappa shape index (κ3) is 3.29. The first-order chi connectivity index (χ1) is 9.40. The minimum Gasteiger partial charge on any atom is -0.352 e. The second-order valence-corrected chi connectivity index (χ2v) is 5.88. The smallest absolute Gasteiger partial charge is 0.191 e. The van der Waals surface area contributed by atoms with Gasteiger partial charge in [0.2, 0.25) is 0 Å². The van der Waals surface area contributed by atoms with Gasteiger partial charge in [-0.25, -0.2) is 4.98 Å². The zero-order valence-corrected chi connectivity index (χ0v) is 12.9. The van der Waals surface area contributed by atoms with Gasteiger partial charge in [-0.2, -0.15) is 0 Å². The Morgan fingerprint density at radius 2 is 2.00 bits per heavy atom. The highest BCUT2D eigenvalue weighted by molar-refractivity contribution is 5.80. The highest BCUT2D eigenvalue weighted by Gasteiger charge is 2.13. The van der Waals surface area contributed by atoms with Crippen LogP contribution < -0.4 is 10.6 Å². The van der Waals surface area contributed by atoms with Crippen LogP contribution in [0.4, 0.5) is 0 Å². The number of aliphatic imine (C=N–C) groups is 1. The number of imidazole rings is 1. The largest absolute Gasteiger partial charge is 0.352 e. The summed E-state index contributed by atoms with van der Waals surface area (Å²) < 4.78 is 2.10. The van der Waals surface area contributed by atoms with E-state index in [1.165, 1.54) is 0 Å². The number of hydrogen-bond acceptors (Lipinski definition) is 2. The molecule has 0 radical (unpaired) electrons. The molecule has 0 fully saturated rings. The third-order valence-electron chi connectivity index (χ3n) is 3.01. The molecule has 2 aromatic rings. The van der Waals surface area contributed by atoms with Gasteiger partial charge in [0.15, 0.2) is 5.96 Å². The first-order valence-corrected chi connectivity index (χ1v) is 6.80. The van der Waals surface area contributed by atoms with E-state index < -0.39 is 0 Å². The lowest BCUT2D eigenvalue weighted by molar-refractivity contribution is 0.500. The number of nitrogens with one attached hydrogen (secondary N) is 2. The van der Waals surface area contributed by atoms with Crippen molar-refractivity contribution in [3.8, 4) is 0 Å². The van der Waals surface area contributed by atoms with Crippen LogP contribution in [0.3, 0.4) is 0 Å². The number of aryl methyl sites for hydroxylation is 1. The molecule has 0 spiro atoms. The summed E-state index contributed by atoms with van der Waals surface area (Å²) in [6, 6.07) is 8.14. The monoisotopic (exact) mass is 273 g/mol. The first kappa shape index (κ1) is 14.4. The maximum atomic E-state index is 4.63. The molecule has 0 saturated heterocycles. The van der Waals surface area contributed by atoms with Crippen LogP contribution >= 0.6 is 0 Å². The average Bonchev–Trinajstić information content (AvgIpc) is 2.71. The molecular weight excluding hydrogens is 250 g/mol. The Morgan fingerprint density at radius 1 is 1.30 bits per heavy atom. The van der Waals surface area contributed by atoms with Crippen LogP contribution in [0.2, 0.25) is 0 Å². The minimum absolute atomic E-state index is 0.0196. The number of nitrogens with zero attached hydrogens (tertiary/aromatic N) is 3. The molecule has 0 atom stereocenters. The third-order valence-corrected chi connectivity index (χ3v) is 3.01. The fourth-order valence-corrected chi connectivity index (χ4v) is 2.05. The zero-order chi connectivity index (χ0) is 14.8. The second kappa shape index (κ2) is 5.53. The first-order valence-electron chi connectivity index (χ1n) is 6.80. The van der Waals surface area contributed by atoms with Crippen LogP contribution in [0.5, 0.6) is 0 Å². The van der Waals surface area contributed by atoms with Crippen molar-refractivity contribution in [1.82, 2.24) is 20.2 Å². The van der Waals surface area contributed by atoms with Gasteiger partial charge in [0.05, 0.1) is 17.6 Å². The number of guanidine groups is 1. The molecule has 20 heavy (non-hydrogen) atoms. The number of hydrogen-bond donors (Lipinski definition) is 2. The predicted octanol–water partition coefficient (Wildman–Crippen LogP) is 2.04. The minimum atomic E-state index is -0.0196. The summed E-state index contributed by atoms with van der Waals surface area (Å²) in [5.41, 5.74) is 2.14. The molecule has 1 aromatic carbocycles. The van der Waals surface area contributed by atoms with Gasteiger partial charge in [-0.3, -0.25) is 4.99 Å². The van der Waals surface area contributed by atoms with E-state index in [1.54, 1.807) is 7.05 Å². The number of fused-ring (bicyclic) bond motifs is 1. The lowest BCUT2D eigenvalue weighted by atomic mass is 10.1. The molecule has 0 aliphatic rings. The van der Waals surface area contributed by atoms with Crippen molar-refractivity contribution in [2.45, 2.75) is 32.9 Å². The molecule has 0 amide bonds. The van der Waals surface area contributed by atoms with E-state index in [4.69, 9.17) is 0 Å². The molecule has 5 nitrogen and oxygen atoms in total. The maximum absolute atomic E-state index is 4.63. The topological polar surface area (TPSA) is 54.2 Å². The summed E-state index contributed by atoms with van der Waals surface area (Å²) in [6.07, 6.45) is 0. The zero-order valence-electron chi connectivity index (χ0n) is 12.9. The summed E-state index contributed by atoms with van der Waals surface area (Å²) in [5.74, 6) is 1.77. The SMILES string of the molecule is CN=C(NCc1nc2ccccc2n1C)NC(C)(C)C. The molecule has 1 heterocycles. The van der Waals surface area contributed by atoms with E-state index in [0.717, 1.165) is 22.8 Å². The normalized spacial score (nSPS) is 12.8.